The Kier molecular flexibility index (Phi) is 5.41. The smallest absolute Gasteiger partial charge is 0.342 e. The SMILES string of the molecule is COc1cccc(C(=O)OCC(=O)Nc2ccc3c(c2)CCC3)c1OC. The fourth-order valence-corrected chi connectivity index (χ4v) is 3.10. The number of para-hydroxylation sites is 1. The second-order valence-corrected chi connectivity index (χ2v) is 6.00. The largest absolute Gasteiger partial charge is 0.493 e. The number of methoxy groups -OCH3 is 2. The molecule has 2 aromatic rings. The Morgan fingerprint density at radius 2 is 1.85 bits per heavy atom. The molecule has 0 bridgehead atoms. The number of carbonyl (C=O) groups is 2. The molecule has 0 aliphatic heterocycles. The van der Waals surface area contributed by atoms with E-state index in [0.29, 0.717) is 11.4 Å². The third-order valence-electron chi connectivity index (χ3n) is 4.34. The Morgan fingerprint density at radius 1 is 1.04 bits per heavy atom. The molecule has 0 spiro atoms. The number of ether oxygens (including phenoxy) is 3. The van der Waals surface area contributed by atoms with Crippen LogP contribution in [0.4, 0.5) is 5.69 Å². The van der Waals surface area contributed by atoms with Gasteiger partial charge in [-0.3, -0.25) is 4.79 Å². The first-order chi connectivity index (χ1) is 12.6. The lowest BCUT2D eigenvalue weighted by Crippen LogP contribution is -2.21. The number of anilines is 1. The summed E-state index contributed by atoms with van der Waals surface area (Å²) in [7, 11) is 2.92. The summed E-state index contributed by atoms with van der Waals surface area (Å²) in [6.45, 7) is -0.379. The van der Waals surface area contributed by atoms with Crippen molar-refractivity contribution in [2.45, 2.75) is 19.3 Å². The van der Waals surface area contributed by atoms with Gasteiger partial charge in [-0.25, -0.2) is 4.79 Å². The van der Waals surface area contributed by atoms with Crippen LogP contribution in [0.15, 0.2) is 36.4 Å². The summed E-state index contributed by atoms with van der Waals surface area (Å²) in [5.41, 5.74) is 3.52. The van der Waals surface area contributed by atoms with E-state index in [1.54, 1.807) is 18.2 Å². The summed E-state index contributed by atoms with van der Waals surface area (Å²) >= 11 is 0. The van der Waals surface area contributed by atoms with Crippen molar-refractivity contribution in [3.05, 3.63) is 53.1 Å². The minimum atomic E-state index is -0.648. The van der Waals surface area contributed by atoms with E-state index in [4.69, 9.17) is 14.2 Å². The highest BCUT2D eigenvalue weighted by molar-refractivity contribution is 5.97. The summed E-state index contributed by atoms with van der Waals surface area (Å²) in [6, 6.07) is 10.8. The lowest BCUT2D eigenvalue weighted by atomic mass is 10.1. The Bertz CT molecular complexity index is 831. The van der Waals surface area contributed by atoms with Crippen molar-refractivity contribution in [3.8, 4) is 11.5 Å². The second kappa shape index (κ2) is 7.91. The van der Waals surface area contributed by atoms with Crippen LogP contribution in [-0.4, -0.2) is 32.7 Å². The van der Waals surface area contributed by atoms with Gasteiger partial charge in [0.2, 0.25) is 0 Å². The summed E-state index contributed by atoms with van der Waals surface area (Å²) in [5.74, 6) is -0.341. The zero-order valence-corrected chi connectivity index (χ0v) is 14.8. The van der Waals surface area contributed by atoms with Crippen molar-refractivity contribution >= 4 is 17.6 Å². The Labute approximate surface area is 152 Å². The fourth-order valence-electron chi connectivity index (χ4n) is 3.10. The first-order valence-corrected chi connectivity index (χ1v) is 8.42. The molecule has 0 aromatic heterocycles. The van der Waals surface area contributed by atoms with Gasteiger partial charge in [0.15, 0.2) is 18.1 Å². The minimum absolute atomic E-state index is 0.206. The molecule has 6 heteroatoms. The van der Waals surface area contributed by atoms with Crippen LogP contribution in [0.5, 0.6) is 11.5 Å². The van der Waals surface area contributed by atoms with Crippen LogP contribution in [0, 0.1) is 0 Å². The highest BCUT2D eigenvalue weighted by Gasteiger charge is 2.19. The molecule has 0 atom stereocenters. The number of carbonyl (C=O) groups excluding carboxylic acids is 2. The van der Waals surface area contributed by atoms with Crippen LogP contribution >= 0.6 is 0 Å². The Balaban J connectivity index is 1.60. The van der Waals surface area contributed by atoms with Gasteiger partial charge < -0.3 is 19.5 Å². The van der Waals surface area contributed by atoms with Crippen molar-refractivity contribution in [3.63, 3.8) is 0 Å². The van der Waals surface area contributed by atoms with Gasteiger partial charge in [0.05, 0.1) is 14.2 Å². The molecule has 1 N–H and O–H groups in total. The monoisotopic (exact) mass is 355 g/mol. The van der Waals surface area contributed by atoms with E-state index in [-0.39, 0.29) is 17.9 Å². The first kappa shape index (κ1) is 17.8. The molecule has 136 valence electrons. The molecular formula is C20H21NO5. The maximum Gasteiger partial charge on any atom is 0.342 e. The minimum Gasteiger partial charge on any atom is -0.493 e. The van der Waals surface area contributed by atoms with E-state index in [2.05, 4.69) is 5.32 Å². The average Bonchev–Trinajstić information content (AvgIpc) is 3.13. The molecule has 3 rings (SSSR count). The molecule has 6 nitrogen and oxygen atoms in total. The molecule has 1 amide bonds. The van der Waals surface area contributed by atoms with Crippen LogP contribution in [0.25, 0.3) is 0 Å². The maximum atomic E-state index is 12.3. The standard InChI is InChI=1S/C20H21NO5/c1-24-17-8-4-7-16(19(17)25-2)20(23)26-12-18(22)21-15-10-9-13-5-3-6-14(13)11-15/h4,7-11H,3,5-6,12H2,1-2H3,(H,21,22). The lowest BCUT2D eigenvalue weighted by Gasteiger charge is -2.12. The number of hydrogen-bond donors (Lipinski definition) is 1. The second-order valence-electron chi connectivity index (χ2n) is 6.00. The van der Waals surface area contributed by atoms with E-state index < -0.39 is 11.9 Å². The van der Waals surface area contributed by atoms with Crippen LogP contribution in [0.2, 0.25) is 0 Å². The molecule has 0 unspecified atom stereocenters. The average molecular weight is 355 g/mol. The van der Waals surface area contributed by atoms with E-state index in [0.717, 1.165) is 19.3 Å². The normalized spacial score (nSPS) is 12.2. The molecule has 0 heterocycles. The predicted molar refractivity (Wildman–Crippen MR) is 96.9 cm³/mol. The van der Waals surface area contributed by atoms with Crippen molar-refractivity contribution in [2.75, 3.05) is 26.1 Å². The summed E-state index contributed by atoms with van der Waals surface area (Å²) in [5, 5.41) is 2.76. The highest BCUT2D eigenvalue weighted by atomic mass is 16.5. The van der Waals surface area contributed by atoms with Gasteiger partial charge in [-0.1, -0.05) is 12.1 Å². The van der Waals surface area contributed by atoms with Gasteiger partial charge in [0.25, 0.3) is 5.91 Å². The van der Waals surface area contributed by atoms with Crippen molar-refractivity contribution in [1.82, 2.24) is 0 Å². The van der Waals surface area contributed by atoms with Gasteiger partial charge in [0.1, 0.15) is 5.56 Å². The number of amides is 1. The zero-order valence-electron chi connectivity index (χ0n) is 14.8. The van der Waals surface area contributed by atoms with Crippen molar-refractivity contribution < 1.29 is 23.8 Å². The number of esters is 1. The number of hydrogen-bond acceptors (Lipinski definition) is 5. The molecule has 2 aromatic carbocycles. The van der Waals surface area contributed by atoms with Gasteiger partial charge in [-0.15, -0.1) is 0 Å². The Morgan fingerprint density at radius 3 is 2.62 bits per heavy atom. The van der Waals surface area contributed by atoms with Gasteiger partial charge in [0, 0.05) is 5.69 Å². The van der Waals surface area contributed by atoms with E-state index in [1.165, 1.54) is 25.3 Å². The number of rotatable bonds is 6. The molecule has 0 saturated carbocycles. The predicted octanol–water partition coefficient (Wildman–Crippen LogP) is 2.99. The molecule has 0 fully saturated rings. The van der Waals surface area contributed by atoms with E-state index in [1.807, 2.05) is 18.2 Å². The van der Waals surface area contributed by atoms with Crippen LogP contribution < -0.4 is 14.8 Å². The third-order valence-corrected chi connectivity index (χ3v) is 4.34. The Hall–Kier alpha value is -3.02. The molecule has 26 heavy (non-hydrogen) atoms. The highest BCUT2D eigenvalue weighted by Crippen LogP contribution is 2.31. The zero-order chi connectivity index (χ0) is 18.5. The quantitative estimate of drug-likeness (QED) is 0.807. The van der Waals surface area contributed by atoms with E-state index in [9.17, 15) is 9.59 Å². The van der Waals surface area contributed by atoms with Gasteiger partial charge >= 0.3 is 5.97 Å². The number of fused-ring (bicyclic) bond motifs is 1. The summed E-state index contributed by atoms with van der Waals surface area (Å²) in [4.78, 5) is 24.3. The summed E-state index contributed by atoms with van der Waals surface area (Å²) < 4.78 is 15.5. The fraction of sp³-hybridized carbons (Fsp3) is 0.300. The van der Waals surface area contributed by atoms with Crippen molar-refractivity contribution in [2.24, 2.45) is 0 Å². The third kappa shape index (κ3) is 3.79. The van der Waals surface area contributed by atoms with Gasteiger partial charge in [-0.2, -0.15) is 0 Å². The number of nitrogens with one attached hydrogen (secondary N) is 1. The summed E-state index contributed by atoms with van der Waals surface area (Å²) in [6.07, 6.45) is 3.26. The number of benzene rings is 2. The van der Waals surface area contributed by atoms with E-state index >= 15 is 0 Å². The number of aryl methyl sites for hydroxylation is 2. The lowest BCUT2D eigenvalue weighted by molar-refractivity contribution is -0.119. The molecule has 1 aliphatic carbocycles. The van der Waals surface area contributed by atoms with Gasteiger partial charge in [-0.05, 0) is 54.7 Å². The molecule has 1 aliphatic rings. The maximum absolute atomic E-state index is 12.3. The molecule has 0 radical (unpaired) electrons. The first-order valence-electron chi connectivity index (χ1n) is 8.42. The van der Waals surface area contributed by atoms with Crippen LogP contribution in [0.3, 0.4) is 0 Å². The topological polar surface area (TPSA) is 73.9 Å². The van der Waals surface area contributed by atoms with Crippen LogP contribution in [0.1, 0.15) is 27.9 Å². The molecular weight excluding hydrogens is 334 g/mol. The van der Waals surface area contributed by atoms with Crippen molar-refractivity contribution in [1.29, 1.82) is 0 Å². The van der Waals surface area contributed by atoms with Crippen LogP contribution in [-0.2, 0) is 22.4 Å². The molecule has 0 saturated heterocycles.